The van der Waals surface area contributed by atoms with Crippen molar-refractivity contribution in [3.63, 3.8) is 0 Å². The lowest BCUT2D eigenvalue weighted by Gasteiger charge is -2.00. The molecule has 9 heavy (non-hydrogen) atoms. The molecule has 0 heterocycles. The predicted molar refractivity (Wildman–Crippen MR) is 44.0 cm³/mol. The van der Waals surface area contributed by atoms with Gasteiger partial charge in [-0.1, -0.05) is 32.3 Å². The van der Waals surface area contributed by atoms with Crippen molar-refractivity contribution in [2.45, 2.75) is 38.0 Å². The van der Waals surface area contributed by atoms with Crippen LogP contribution in [0.25, 0.3) is 0 Å². The van der Waals surface area contributed by atoms with E-state index in [0.717, 1.165) is 6.42 Å². The summed E-state index contributed by atoms with van der Waals surface area (Å²) < 4.78 is 0. The molecule has 0 nitrogen and oxygen atoms in total. The van der Waals surface area contributed by atoms with Gasteiger partial charge in [0.25, 0.3) is 0 Å². The first-order chi connectivity index (χ1) is 4.31. The van der Waals surface area contributed by atoms with Gasteiger partial charge < -0.3 is 0 Å². The Hall–Kier alpha value is 0.0300. The maximum absolute atomic E-state index is 5.78. The van der Waals surface area contributed by atoms with Gasteiger partial charge in [0, 0.05) is 0 Å². The van der Waals surface area contributed by atoms with E-state index in [1.165, 1.54) is 19.3 Å². The van der Waals surface area contributed by atoms with E-state index in [1.54, 1.807) is 6.08 Å². The lowest BCUT2D eigenvalue weighted by Crippen LogP contribution is -1.91. The minimum atomic E-state index is 0.191. The monoisotopic (exact) mass is 146 g/mol. The van der Waals surface area contributed by atoms with Crippen LogP contribution < -0.4 is 0 Å². The van der Waals surface area contributed by atoms with Crippen molar-refractivity contribution in [1.82, 2.24) is 0 Å². The van der Waals surface area contributed by atoms with Crippen molar-refractivity contribution in [3.05, 3.63) is 12.7 Å². The molecule has 0 bridgehead atoms. The lowest BCUT2D eigenvalue weighted by molar-refractivity contribution is 0.678. The van der Waals surface area contributed by atoms with E-state index in [4.69, 9.17) is 11.6 Å². The Morgan fingerprint density at radius 1 is 1.56 bits per heavy atom. The van der Waals surface area contributed by atoms with E-state index < -0.39 is 0 Å². The first-order valence-electron chi connectivity index (χ1n) is 3.58. The van der Waals surface area contributed by atoms with Crippen LogP contribution in [-0.2, 0) is 0 Å². The zero-order chi connectivity index (χ0) is 7.11. The number of alkyl halides is 1. The molecule has 0 radical (unpaired) electrons. The molecule has 0 spiro atoms. The van der Waals surface area contributed by atoms with Crippen LogP contribution in [0.5, 0.6) is 0 Å². The molecule has 0 aromatic heterocycles. The Morgan fingerprint density at radius 2 is 2.22 bits per heavy atom. The van der Waals surface area contributed by atoms with E-state index >= 15 is 0 Å². The van der Waals surface area contributed by atoms with Crippen LogP contribution in [0.1, 0.15) is 32.6 Å². The summed E-state index contributed by atoms with van der Waals surface area (Å²) in [7, 11) is 0. The second-order valence-corrected chi connectivity index (χ2v) is 2.81. The van der Waals surface area contributed by atoms with E-state index in [2.05, 4.69) is 13.5 Å². The van der Waals surface area contributed by atoms with Crippen LogP contribution >= 0.6 is 11.6 Å². The summed E-state index contributed by atoms with van der Waals surface area (Å²) >= 11 is 5.78. The molecule has 0 saturated carbocycles. The Bertz CT molecular complexity index is 69.0. The Morgan fingerprint density at radius 3 is 2.67 bits per heavy atom. The van der Waals surface area contributed by atoms with E-state index in [9.17, 15) is 0 Å². The molecule has 0 aliphatic carbocycles. The third-order valence-corrected chi connectivity index (χ3v) is 1.74. The molecule has 0 saturated heterocycles. The third-order valence-electron chi connectivity index (χ3n) is 1.34. The van der Waals surface area contributed by atoms with Crippen molar-refractivity contribution in [2.24, 2.45) is 0 Å². The van der Waals surface area contributed by atoms with Crippen LogP contribution in [-0.4, -0.2) is 5.38 Å². The minimum Gasteiger partial charge on any atom is -0.118 e. The molecular weight excluding hydrogens is 132 g/mol. The Kier molecular flexibility index (Phi) is 6.18. The highest BCUT2D eigenvalue weighted by atomic mass is 35.5. The standard InChI is InChI=1S/C8H15Cl/c1-3-5-6-7-8(9)4-2/h4,8H,2-3,5-7H2,1H3. The summed E-state index contributed by atoms with van der Waals surface area (Å²) in [6, 6.07) is 0. The summed E-state index contributed by atoms with van der Waals surface area (Å²) in [4.78, 5) is 0. The zero-order valence-electron chi connectivity index (χ0n) is 6.07. The molecule has 0 aromatic rings. The van der Waals surface area contributed by atoms with E-state index in [0.29, 0.717) is 0 Å². The number of hydrogen-bond donors (Lipinski definition) is 0. The Labute approximate surface area is 62.9 Å². The van der Waals surface area contributed by atoms with Crippen molar-refractivity contribution in [3.8, 4) is 0 Å². The molecule has 1 heteroatoms. The van der Waals surface area contributed by atoms with Gasteiger partial charge in [-0.05, 0) is 6.42 Å². The molecule has 0 aromatic carbocycles. The van der Waals surface area contributed by atoms with Gasteiger partial charge in [-0.25, -0.2) is 0 Å². The summed E-state index contributed by atoms with van der Waals surface area (Å²) in [6.45, 7) is 5.80. The van der Waals surface area contributed by atoms with E-state index in [1.807, 2.05) is 0 Å². The normalized spacial score (nSPS) is 13.1. The first kappa shape index (κ1) is 9.03. The topological polar surface area (TPSA) is 0 Å². The van der Waals surface area contributed by atoms with Crippen LogP contribution in [0.3, 0.4) is 0 Å². The molecular formula is C8H15Cl. The largest absolute Gasteiger partial charge is 0.118 e. The SMILES string of the molecule is C=CC(Cl)CCCCC. The highest BCUT2D eigenvalue weighted by Crippen LogP contribution is 2.08. The summed E-state index contributed by atoms with van der Waals surface area (Å²) in [5.74, 6) is 0. The predicted octanol–water partition coefficient (Wildman–Crippen LogP) is 3.36. The van der Waals surface area contributed by atoms with Crippen LogP contribution in [0.2, 0.25) is 0 Å². The minimum absolute atomic E-state index is 0.191. The number of hydrogen-bond acceptors (Lipinski definition) is 0. The van der Waals surface area contributed by atoms with Gasteiger partial charge in [-0.15, -0.1) is 18.2 Å². The fourth-order valence-electron chi connectivity index (χ4n) is 0.707. The Balaban J connectivity index is 2.96. The second-order valence-electron chi connectivity index (χ2n) is 2.25. The molecule has 0 rings (SSSR count). The molecule has 0 aliphatic rings. The fraction of sp³-hybridized carbons (Fsp3) is 0.750. The second kappa shape index (κ2) is 6.15. The smallest absolute Gasteiger partial charge is 0.0513 e. The summed E-state index contributed by atoms with van der Waals surface area (Å²) in [5.41, 5.74) is 0. The van der Waals surface area contributed by atoms with Crippen molar-refractivity contribution in [2.75, 3.05) is 0 Å². The number of halogens is 1. The van der Waals surface area contributed by atoms with E-state index in [-0.39, 0.29) is 5.38 Å². The van der Waals surface area contributed by atoms with Gasteiger partial charge in [0.2, 0.25) is 0 Å². The van der Waals surface area contributed by atoms with Crippen LogP contribution in [0.15, 0.2) is 12.7 Å². The number of rotatable bonds is 5. The van der Waals surface area contributed by atoms with Gasteiger partial charge in [0.1, 0.15) is 0 Å². The highest BCUT2D eigenvalue weighted by Gasteiger charge is 1.95. The molecule has 0 aliphatic heterocycles. The maximum Gasteiger partial charge on any atom is 0.0513 e. The van der Waals surface area contributed by atoms with Gasteiger partial charge in [0.15, 0.2) is 0 Å². The molecule has 0 amide bonds. The van der Waals surface area contributed by atoms with Gasteiger partial charge in [0.05, 0.1) is 5.38 Å². The molecule has 0 fully saturated rings. The summed E-state index contributed by atoms with van der Waals surface area (Å²) in [5, 5.41) is 0.191. The maximum atomic E-state index is 5.78. The zero-order valence-corrected chi connectivity index (χ0v) is 6.82. The average Bonchev–Trinajstić information content (AvgIpc) is 1.89. The van der Waals surface area contributed by atoms with Crippen LogP contribution in [0.4, 0.5) is 0 Å². The summed E-state index contributed by atoms with van der Waals surface area (Å²) in [6.07, 6.45) is 6.67. The fourth-order valence-corrected chi connectivity index (χ4v) is 0.861. The van der Waals surface area contributed by atoms with Gasteiger partial charge >= 0.3 is 0 Å². The molecule has 54 valence electrons. The van der Waals surface area contributed by atoms with Crippen molar-refractivity contribution in [1.29, 1.82) is 0 Å². The van der Waals surface area contributed by atoms with Gasteiger partial charge in [-0.3, -0.25) is 0 Å². The highest BCUT2D eigenvalue weighted by molar-refractivity contribution is 6.21. The van der Waals surface area contributed by atoms with Crippen molar-refractivity contribution >= 4 is 11.6 Å². The first-order valence-corrected chi connectivity index (χ1v) is 4.01. The number of allylic oxidation sites excluding steroid dienone is 1. The van der Waals surface area contributed by atoms with Gasteiger partial charge in [-0.2, -0.15) is 0 Å². The molecule has 1 atom stereocenters. The average molecular weight is 147 g/mol. The van der Waals surface area contributed by atoms with Crippen LogP contribution in [0, 0.1) is 0 Å². The lowest BCUT2D eigenvalue weighted by atomic mass is 10.1. The molecule has 1 unspecified atom stereocenters. The third kappa shape index (κ3) is 5.91. The quantitative estimate of drug-likeness (QED) is 0.317. The van der Waals surface area contributed by atoms with Crippen molar-refractivity contribution < 1.29 is 0 Å². The number of unbranched alkanes of at least 4 members (excludes halogenated alkanes) is 2. The molecule has 0 N–H and O–H groups in total.